The summed E-state index contributed by atoms with van der Waals surface area (Å²) in [6.07, 6.45) is 0. The molecule has 0 saturated heterocycles. The van der Waals surface area contributed by atoms with E-state index in [1.165, 1.54) is 0 Å². The highest BCUT2D eigenvalue weighted by molar-refractivity contribution is 6.30. The van der Waals surface area contributed by atoms with Crippen molar-refractivity contribution in [3.63, 3.8) is 0 Å². The summed E-state index contributed by atoms with van der Waals surface area (Å²) in [5.41, 5.74) is 2.15. The first-order chi connectivity index (χ1) is 11.2. The van der Waals surface area contributed by atoms with Gasteiger partial charge in [0.25, 0.3) is 5.56 Å². The van der Waals surface area contributed by atoms with Crippen LogP contribution < -0.4 is 20.3 Å². The second-order valence-corrected chi connectivity index (χ2v) is 5.71. The van der Waals surface area contributed by atoms with Crippen molar-refractivity contribution >= 4 is 28.2 Å². The van der Waals surface area contributed by atoms with Crippen LogP contribution in [0.3, 0.4) is 0 Å². The number of hydrogen-bond acceptors (Lipinski definition) is 4. The number of H-pyrrole nitrogens is 1. The lowest BCUT2D eigenvalue weighted by Crippen LogP contribution is -2.15. The lowest BCUT2D eigenvalue weighted by Gasteiger charge is -2.08. The molecule has 1 aromatic heterocycles. The van der Waals surface area contributed by atoms with Crippen LogP contribution in [0.15, 0.2) is 47.3 Å². The molecule has 116 valence electrons. The molecule has 0 unspecified atom stereocenters. The first kappa shape index (κ1) is 14.0. The molecule has 0 bridgehead atoms. The van der Waals surface area contributed by atoms with Crippen LogP contribution in [0, 0.1) is 0 Å². The van der Waals surface area contributed by atoms with Gasteiger partial charge < -0.3 is 19.8 Å². The Morgan fingerprint density at radius 1 is 1.09 bits per heavy atom. The van der Waals surface area contributed by atoms with E-state index in [0.29, 0.717) is 28.6 Å². The van der Waals surface area contributed by atoms with Gasteiger partial charge in [-0.1, -0.05) is 11.6 Å². The third-order valence-corrected chi connectivity index (χ3v) is 3.99. The number of aromatic nitrogens is 1. The Morgan fingerprint density at radius 2 is 1.83 bits per heavy atom. The summed E-state index contributed by atoms with van der Waals surface area (Å²) in [6, 6.07) is 12.9. The maximum atomic E-state index is 12.2. The SMILES string of the molecule is O=c1[nH]c2cc3c(cc2cc1CNc1ccc(Cl)cc1)OCO3. The number of halogens is 1. The van der Waals surface area contributed by atoms with Crippen LogP contribution in [0.1, 0.15) is 5.56 Å². The summed E-state index contributed by atoms with van der Waals surface area (Å²) in [6.45, 7) is 0.627. The summed E-state index contributed by atoms with van der Waals surface area (Å²) >= 11 is 5.86. The van der Waals surface area contributed by atoms with Gasteiger partial charge in [0.1, 0.15) is 0 Å². The fourth-order valence-electron chi connectivity index (χ4n) is 2.54. The normalized spacial score (nSPS) is 12.6. The van der Waals surface area contributed by atoms with Crippen molar-refractivity contribution in [2.45, 2.75) is 6.54 Å². The Kier molecular flexibility index (Phi) is 3.35. The van der Waals surface area contributed by atoms with Crippen LogP contribution in [0.4, 0.5) is 5.69 Å². The number of aromatic amines is 1. The van der Waals surface area contributed by atoms with Crippen LogP contribution in [-0.4, -0.2) is 11.8 Å². The molecule has 6 heteroatoms. The molecule has 4 rings (SSSR count). The van der Waals surface area contributed by atoms with Gasteiger partial charge in [-0.2, -0.15) is 0 Å². The van der Waals surface area contributed by atoms with E-state index >= 15 is 0 Å². The number of benzene rings is 2. The molecule has 0 spiro atoms. The Hall–Kier alpha value is -2.66. The molecule has 2 heterocycles. The second-order valence-electron chi connectivity index (χ2n) is 5.28. The number of fused-ring (bicyclic) bond motifs is 2. The minimum atomic E-state index is -0.127. The molecule has 5 nitrogen and oxygen atoms in total. The van der Waals surface area contributed by atoms with Crippen LogP contribution in [0.2, 0.25) is 5.02 Å². The lowest BCUT2D eigenvalue weighted by molar-refractivity contribution is 0.174. The highest BCUT2D eigenvalue weighted by Crippen LogP contribution is 2.35. The first-order valence-electron chi connectivity index (χ1n) is 7.14. The molecule has 0 atom stereocenters. The van der Waals surface area contributed by atoms with Gasteiger partial charge in [-0.3, -0.25) is 4.79 Å². The number of ether oxygens (including phenoxy) is 2. The van der Waals surface area contributed by atoms with E-state index in [0.717, 1.165) is 16.6 Å². The van der Waals surface area contributed by atoms with Gasteiger partial charge in [0, 0.05) is 34.3 Å². The van der Waals surface area contributed by atoms with E-state index in [9.17, 15) is 4.79 Å². The van der Waals surface area contributed by atoms with Crippen molar-refractivity contribution in [2.75, 3.05) is 12.1 Å². The van der Waals surface area contributed by atoms with Crippen molar-refractivity contribution < 1.29 is 9.47 Å². The number of pyridine rings is 1. The standard InChI is InChI=1S/C17H13ClN2O3/c18-12-1-3-13(4-2-12)19-8-11-5-10-6-15-16(23-9-22-15)7-14(10)20-17(11)21/h1-7,19H,8-9H2,(H,20,21). The summed E-state index contributed by atoms with van der Waals surface area (Å²) < 4.78 is 10.7. The number of rotatable bonds is 3. The molecule has 1 aliphatic heterocycles. The largest absolute Gasteiger partial charge is 0.454 e. The Balaban J connectivity index is 1.64. The van der Waals surface area contributed by atoms with Crippen LogP contribution in [0.25, 0.3) is 10.9 Å². The van der Waals surface area contributed by atoms with Crippen molar-refractivity contribution in [1.82, 2.24) is 4.98 Å². The van der Waals surface area contributed by atoms with E-state index in [4.69, 9.17) is 21.1 Å². The van der Waals surface area contributed by atoms with Crippen LogP contribution in [-0.2, 0) is 6.54 Å². The van der Waals surface area contributed by atoms with E-state index < -0.39 is 0 Å². The monoisotopic (exact) mass is 328 g/mol. The molecule has 0 amide bonds. The van der Waals surface area contributed by atoms with Crippen molar-refractivity contribution in [3.8, 4) is 11.5 Å². The lowest BCUT2D eigenvalue weighted by atomic mass is 10.1. The maximum Gasteiger partial charge on any atom is 0.253 e. The summed E-state index contributed by atoms with van der Waals surface area (Å²) in [5.74, 6) is 1.35. The molecular weight excluding hydrogens is 316 g/mol. The smallest absolute Gasteiger partial charge is 0.253 e. The average Bonchev–Trinajstić information content (AvgIpc) is 2.99. The molecule has 1 aliphatic rings. The van der Waals surface area contributed by atoms with Gasteiger partial charge in [0.2, 0.25) is 6.79 Å². The second kappa shape index (κ2) is 5.52. The zero-order valence-corrected chi connectivity index (χ0v) is 12.8. The Morgan fingerprint density at radius 3 is 2.61 bits per heavy atom. The zero-order valence-electron chi connectivity index (χ0n) is 12.1. The average molecular weight is 329 g/mol. The fraction of sp³-hybridized carbons (Fsp3) is 0.118. The molecule has 3 aromatic rings. The highest BCUT2D eigenvalue weighted by Gasteiger charge is 2.15. The van der Waals surface area contributed by atoms with Gasteiger partial charge in [0.05, 0.1) is 5.52 Å². The molecule has 0 fully saturated rings. The number of hydrogen-bond donors (Lipinski definition) is 2. The van der Waals surface area contributed by atoms with E-state index in [1.54, 1.807) is 18.2 Å². The van der Waals surface area contributed by atoms with Crippen LogP contribution >= 0.6 is 11.6 Å². The highest BCUT2D eigenvalue weighted by atomic mass is 35.5. The maximum absolute atomic E-state index is 12.2. The predicted octanol–water partition coefficient (Wildman–Crippen LogP) is 3.52. The molecule has 0 saturated carbocycles. The van der Waals surface area contributed by atoms with Crippen molar-refractivity contribution in [3.05, 3.63) is 63.4 Å². The number of anilines is 1. The van der Waals surface area contributed by atoms with E-state index in [2.05, 4.69) is 10.3 Å². The summed E-state index contributed by atoms with van der Waals surface area (Å²) in [7, 11) is 0. The van der Waals surface area contributed by atoms with Gasteiger partial charge in [-0.25, -0.2) is 0 Å². The Labute approximate surface area is 136 Å². The molecular formula is C17H13ClN2O3. The Bertz CT molecular complexity index is 935. The van der Waals surface area contributed by atoms with Gasteiger partial charge in [-0.05, 0) is 36.4 Å². The van der Waals surface area contributed by atoms with Crippen molar-refractivity contribution in [2.24, 2.45) is 0 Å². The molecule has 0 aliphatic carbocycles. The van der Waals surface area contributed by atoms with Gasteiger partial charge in [0.15, 0.2) is 11.5 Å². The summed E-state index contributed by atoms with van der Waals surface area (Å²) in [4.78, 5) is 15.1. The topological polar surface area (TPSA) is 63.4 Å². The number of nitrogens with one attached hydrogen (secondary N) is 2. The first-order valence-corrected chi connectivity index (χ1v) is 7.52. The quantitative estimate of drug-likeness (QED) is 0.772. The van der Waals surface area contributed by atoms with E-state index in [-0.39, 0.29) is 12.4 Å². The third-order valence-electron chi connectivity index (χ3n) is 3.74. The van der Waals surface area contributed by atoms with Crippen molar-refractivity contribution in [1.29, 1.82) is 0 Å². The predicted molar refractivity (Wildman–Crippen MR) is 89.5 cm³/mol. The van der Waals surface area contributed by atoms with Gasteiger partial charge in [-0.15, -0.1) is 0 Å². The summed E-state index contributed by atoms with van der Waals surface area (Å²) in [5, 5.41) is 4.79. The molecule has 23 heavy (non-hydrogen) atoms. The molecule has 2 N–H and O–H groups in total. The fourth-order valence-corrected chi connectivity index (χ4v) is 2.66. The van der Waals surface area contributed by atoms with Gasteiger partial charge >= 0.3 is 0 Å². The zero-order chi connectivity index (χ0) is 15.8. The van der Waals surface area contributed by atoms with E-state index in [1.807, 2.05) is 24.3 Å². The third kappa shape index (κ3) is 2.71. The minimum absolute atomic E-state index is 0.127. The van der Waals surface area contributed by atoms with Crippen LogP contribution in [0.5, 0.6) is 11.5 Å². The molecule has 2 aromatic carbocycles. The molecule has 0 radical (unpaired) electrons. The minimum Gasteiger partial charge on any atom is -0.454 e.